The number of carboxylic acid groups (broad SMARTS) is 1. The molecular weight excluding hydrogens is 260 g/mol. The molecule has 0 atom stereocenters. The summed E-state index contributed by atoms with van der Waals surface area (Å²) in [5.74, 6) is -0.811. The summed E-state index contributed by atoms with van der Waals surface area (Å²) in [6, 6.07) is 5.19. The summed E-state index contributed by atoms with van der Waals surface area (Å²) in [5.41, 5.74) is 1.59. The highest BCUT2D eigenvalue weighted by Crippen LogP contribution is 2.25. The third-order valence-corrected chi connectivity index (χ3v) is 3.12. The van der Waals surface area contributed by atoms with Gasteiger partial charge < -0.3 is 10.0 Å². The van der Waals surface area contributed by atoms with Gasteiger partial charge in [-0.05, 0) is 39.3 Å². The third kappa shape index (κ3) is 4.22. The van der Waals surface area contributed by atoms with E-state index in [1.807, 2.05) is 13.8 Å². The summed E-state index contributed by atoms with van der Waals surface area (Å²) >= 11 is 0. The van der Waals surface area contributed by atoms with Crippen molar-refractivity contribution in [3.05, 3.63) is 33.9 Å². The maximum Gasteiger partial charge on any atom is 0.303 e. The first-order valence-corrected chi connectivity index (χ1v) is 6.56. The van der Waals surface area contributed by atoms with Gasteiger partial charge in [0.05, 0.1) is 4.92 Å². The Kier molecular flexibility index (Phi) is 5.49. The van der Waals surface area contributed by atoms with E-state index < -0.39 is 10.9 Å². The molecule has 0 saturated heterocycles. The van der Waals surface area contributed by atoms with Crippen molar-refractivity contribution in [1.82, 2.24) is 0 Å². The number of aliphatic carboxylic acids is 1. The number of anilines is 1. The van der Waals surface area contributed by atoms with E-state index in [1.54, 1.807) is 19.1 Å². The van der Waals surface area contributed by atoms with Crippen molar-refractivity contribution in [3.8, 4) is 0 Å². The number of nitro benzene ring substituents is 1. The Bertz CT molecular complexity index is 500. The van der Waals surface area contributed by atoms with Crippen molar-refractivity contribution in [3.63, 3.8) is 0 Å². The smallest absolute Gasteiger partial charge is 0.303 e. The van der Waals surface area contributed by atoms with Gasteiger partial charge in [-0.2, -0.15) is 0 Å². The molecule has 0 unspecified atom stereocenters. The van der Waals surface area contributed by atoms with Crippen LogP contribution in [0.25, 0.3) is 0 Å². The lowest BCUT2D eigenvalue weighted by Gasteiger charge is -2.29. The molecule has 0 bridgehead atoms. The van der Waals surface area contributed by atoms with Gasteiger partial charge in [-0.3, -0.25) is 14.9 Å². The monoisotopic (exact) mass is 280 g/mol. The van der Waals surface area contributed by atoms with Crippen LogP contribution in [0.4, 0.5) is 11.4 Å². The molecule has 0 fully saturated rings. The summed E-state index contributed by atoms with van der Waals surface area (Å²) in [6.07, 6.45) is 0.665. The van der Waals surface area contributed by atoms with Crippen LogP contribution in [0.15, 0.2) is 18.2 Å². The number of nitrogens with zero attached hydrogens (tertiary/aromatic N) is 2. The second kappa shape index (κ2) is 6.88. The number of hydrogen-bond donors (Lipinski definition) is 1. The number of carbonyl (C=O) groups is 1. The van der Waals surface area contributed by atoms with Crippen LogP contribution < -0.4 is 4.90 Å². The van der Waals surface area contributed by atoms with Crippen molar-refractivity contribution in [2.24, 2.45) is 0 Å². The first-order valence-electron chi connectivity index (χ1n) is 6.56. The maximum absolute atomic E-state index is 10.8. The Morgan fingerprint density at radius 3 is 2.55 bits per heavy atom. The summed E-state index contributed by atoms with van der Waals surface area (Å²) in [5, 5.41) is 19.5. The van der Waals surface area contributed by atoms with Crippen LogP contribution in [-0.4, -0.2) is 28.6 Å². The van der Waals surface area contributed by atoms with Gasteiger partial charge >= 0.3 is 5.97 Å². The van der Waals surface area contributed by atoms with E-state index in [1.165, 1.54) is 6.07 Å². The number of hydrogen-bond acceptors (Lipinski definition) is 4. The number of carboxylic acids is 1. The average Bonchev–Trinajstić information content (AvgIpc) is 2.33. The molecule has 1 aromatic rings. The van der Waals surface area contributed by atoms with Crippen molar-refractivity contribution < 1.29 is 14.8 Å². The van der Waals surface area contributed by atoms with Gasteiger partial charge in [-0.1, -0.05) is 0 Å². The van der Waals surface area contributed by atoms with Crippen LogP contribution in [-0.2, 0) is 4.79 Å². The first kappa shape index (κ1) is 15.9. The predicted octanol–water partition coefficient (Wildman–Crippen LogP) is 2.98. The summed E-state index contributed by atoms with van der Waals surface area (Å²) in [7, 11) is 0. The Morgan fingerprint density at radius 2 is 2.10 bits per heavy atom. The highest BCUT2D eigenvalue weighted by molar-refractivity contribution is 5.66. The van der Waals surface area contributed by atoms with E-state index in [9.17, 15) is 14.9 Å². The third-order valence-electron chi connectivity index (χ3n) is 3.12. The van der Waals surface area contributed by atoms with Gasteiger partial charge in [0.1, 0.15) is 0 Å². The molecule has 6 heteroatoms. The second-order valence-corrected chi connectivity index (χ2v) is 5.01. The molecule has 6 nitrogen and oxygen atoms in total. The Hall–Kier alpha value is -2.11. The lowest BCUT2D eigenvalue weighted by molar-refractivity contribution is -0.385. The lowest BCUT2D eigenvalue weighted by Crippen LogP contribution is -2.32. The van der Waals surface area contributed by atoms with Gasteiger partial charge in [0.25, 0.3) is 5.69 Å². The topological polar surface area (TPSA) is 83.7 Å². The second-order valence-electron chi connectivity index (χ2n) is 5.01. The Morgan fingerprint density at radius 1 is 1.45 bits per heavy atom. The Labute approximate surface area is 118 Å². The van der Waals surface area contributed by atoms with Gasteiger partial charge in [0.2, 0.25) is 0 Å². The molecule has 0 amide bonds. The quantitative estimate of drug-likeness (QED) is 0.613. The molecule has 110 valence electrons. The zero-order valence-corrected chi connectivity index (χ0v) is 12.0. The van der Waals surface area contributed by atoms with E-state index in [2.05, 4.69) is 4.90 Å². The number of aryl methyl sites for hydroxylation is 1. The van der Waals surface area contributed by atoms with Crippen molar-refractivity contribution in [2.45, 2.75) is 39.7 Å². The molecule has 1 aromatic carbocycles. The fraction of sp³-hybridized carbons (Fsp3) is 0.500. The first-order chi connectivity index (χ1) is 9.32. The van der Waals surface area contributed by atoms with Gasteiger partial charge in [-0.25, -0.2) is 0 Å². The van der Waals surface area contributed by atoms with Crippen LogP contribution in [0.5, 0.6) is 0 Å². The molecule has 1 N–H and O–H groups in total. The molecule has 0 aliphatic rings. The molecular formula is C14H20N2O4. The molecule has 1 rings (SSSR count). The number of rotatable bonds is 7. The van der Waals surface area contributed by atoms with Crippen LogP contribution in [0.2, 0.25) is 0 Å². The minimum Gasteiger partial charge on any atom is -0.481 e. The largest absolute Gasteiger partial charge is 0.481 e. The highest BCUT2D eigenvalue weighted by atomic mass is 16.6. The van der Waals surface area contributed by atoms with Crippen molar-refractivity contribution in [2.75, 3.05) is 11.4 Å². The fourth-order valence-corrected chi connectivity index (χ4v) is 2.11. The normalized spacial score (nSPS) is 10.6. The van der Waals surface area contributed by atoms with Crippen molar-refractivity contribution >= 4 is 17.3 Å². The molecule has 0 aliphatic carbocycles. The van der Waals surface area contributed by atoms with Crippen LogP contribution in [0, 0.1) is 17.0 Å². The van der Waals surface area contributed by atoms with Crippen LogP contribution >= 0.6 is 0 Å². The van der Waals surface area contributed by atoms with Crippen LogP contribution in [0.1, 0.15) is 32.3 Å². The minimum atomic E-state index is -0.811. The minimum absolute atomic E-state index is 0.1000. The average molecular weight is 280 g/mol. The summed E-state index contributed by atoms with van der Waals surface area (Å²) in [6.45, 7) is 6.34. The van der Waals surface area contributed by atoms with E-state index in [0.29, 0.717) is 18.5 Å². The number of nitro groups is 1. The molecule has 0 spiro atoms. The zero-order valence-electron chi connectivity index (χ0n) is 12.0. The van der Waals surface area contributed by atoms with E-state index in [-0.39, 0.29) is 18.2 Å². The molecule has 0 aliphatic heterocycles. The predicted molar refractivity (Wildman–Crippen MR) is 77.2 cm³/mol. The summed E-state index contributed by atoms with van der Waals surface area (Å²) in [4.78, 5) is 23.0. The van der Waals surface area contributed by atoms with Gasteiger partial charge in [0, 0.05) is 36.3 Å². The summed E-state index contributed by atoms with van der Waals surface area (Å²) < 4.78 is 0. The fourth-order valence-electron chi connectivity index (χ4n) is 2.11. The Balaban J connectivity index is 2.89. The molecule has 20 heavy (non-hydrogen) atoms. The zero-order chi connectivity index (χ0) is 15.3. The maximum atomic E-state index is 10.8. The number of benzene rings is 1. The van der Waals surface area contributed by atoms with E-state index in [4.69, 9.17) is 5.11 Å². The molecule has 0 radical (unpaired) electrons. The van der Waals surface area contributed by atoms with Crippen molar-refractivity contribution in [1.29, 1.82) is 0 Å². The molecule has 0 aromatic heterocycles. The molecule has 0 saturated carbocycles. The SMILES string of the molecule is Cc1cc(N(CCCC(=O)O)C(C)C)ccc1[N+](=O)[O-]. The molecule has 0 heterocycles. The van der Waals surface area contributed by atoms with E-state index >= 15 is 0 Å². The lowest BCUT2D eigenvalue weighted by atomic mass is 10.1. The highest BCUT2D eigenvalue weighted by Gasteiger charge is 2.15. The van der Waals surface area contributed by atoms with Crippen LogP contribution in [0.3, 0.4) is 0 Å². The van der Waals surface area contributed by atoms with Gasteiger partial charge in [0.15, 0.2) is 0 Å². The van der Waals surface area contributed by atoms with Gasteiger partial charge in [-0.15, -0.1) is 0 Å². The standard InChI is InChI=1S/C14H20N2O4/c1-10(2)15(8-4-5-14(17)18)12-6-7-13(16(19)20)11(3)9-12/h6-7,9-10H,4-5,8H2,1-3H3,(H,17,18). The van der Waals surface area contributed by atoms with E-state index in [0.717, 1.165) is 5.69 Å².